The van der Waals surface area contributed by atoms with E-state index in [1.165, 1.54) is 7.11 Å². The molecule has 0 fully saturated rings. The van der Waals surface area contributed by atoms with E-state index in [-0.39, 0.29) is 18.3 Å². The topological polar surface area (TPSA) is 60.8 Å². The van der Waals surface area contributed by atoms with Gasteiger partial charge in [-0.3, -0.25) is 9.59 Å². The lowest BCUT2D eigenvalue weighted by Crippen LogP contribution is -2.36. The Morgan fingerprint density at radius 1 is 1.32 bits per heavy atom. The maximum atomic E-state index is 12.3. The van der Waals surface area contributed by atoms with Crippen molar-refractivity contribution in [2.24, 2.45) is 7.05 Å². The van der Waals surface area contributed by atoms with Gasteiger partial charge in [-0.2, -0.15) is 0 Å². The second kappa shape index (κ2) is 7.58. The van der Waals surface area contributed by atoms with Crippen molar-refractivity contribution in [2.45, 2.75) is 6.42 Å². The molecule has 6 heteroatoms. The summed E-state index contributed by atoms with van der Waals surface area (Å²) in [7, 11) is 4.72. The van der Waals surface area contributed by atoms with Crippen molar-refractivity contribution in [1.29, 1.82) is 0 Å². The lowest BCUT2D eigenvalue weighted by molar-refractivity contribution is -0.140. The zero-order chi connectivity index (χ0) is 14.3. The number of nitrogens with zero attached hydrogens (tertiary/aromatic N) is 2. The van der Waals surface area contributed by atoms with Gasteiger partial charge in [-0.15, -0.1) is 0 Å². The zero-order valence-corrected chi connectivity index (χ0v) is 11.6. The summed E-state index contributed by atoms with van der Waals surface area (Å²) in [6.45, 7) is 1.19. The van der Waals surface area contributed by atoms with Gasteiger partial charge in [-0.1, -0.05) is 0 Å². The molecule has 0 saturated heterocycles. The first-order valence-electron chi connectivity index (χ1n) is 6.06. The molecule has 0 atom stereocenters. The van der Waals surface area contributed by atoms with Crippen LogP contribution in [0.1, 0.15) is 16.9 Å². The van der Waals surface area contributed by atoms with Crippen molar-refractivity contribution in [3.63, 3.8) is 0 Å². The second-order valence-corrected chi connectivity index (χ2v) is 4.12. The first kappa shape index (κ1) is 15.2. The van der Waals surface area contributed by atoms with E-state index in [4.69, 9.17) is 4.74 Å². The predicted octanol–water partition coefficient (Wildman–Crippen LogP) is 0.677. The maximum absolute atomic E-state index is 12.3. The van der Waals surface area contributed by atoms with Gasteiger partial charge in [-0.25, -0.2) is 0 Å². The van der Waals surface area contributed by atoms with Gasteiger partial charge in [0.15, 0.2) is 0 Å². The van der Waals surface area contributed by atoms with Crippen LogP contribution < -0.4 is 0 Å². The summed E-state index contributed by atoms with van der Waals surface area (Å²) in [6.07, 6.45) is 1.98. The molecule has 0 saturated carbocycles. The van der Waals surface area contributed by atoms with Crippen molar-refractivity contribution < 1.29 is 19.1 Å². The third-order valence-electron chi connectivity index (χ3n) is 2.83. The van der Waals surface area contributed by atoms with Crippen LogP contribution in [0.25, 0.3) is 0 Å². The number of ether oxygens (including phenoxy) is 2. The van der Waals surface area contributed by atoms with Crippen LogP contribution in [-0.2, 0) is 21.3 Å². The summed E-state index contributed by atoms with van der Waals surface area (Å²) in [4.78, 5) is 25.1. The molecule has 6 nitrogen and oxygen atoms in total. The van der Waals surface area contributed by atoms with Crippen LogP contribution in [0.2, 0.25) is 0 Å². The molecule has 0 radical (unpaired) electrons. The minimum absolute atomic E-state index is 0.117. The van der Waals surface area contributed by atoms with Crippen LogP contribution in [0, 0.1) is 0 Å². The Bertz CT molecular complexity index is 428. The van der Waals surface area contributed by atoms with E-state index in [1.807, 2.05) is 19.3 Å². The Balaban J connectivity index is 2.70. The summed E-state index contributed by atoms with van der Waals surface area (Å²) < 4.78 is 11.3. The number of carbonyl (C=O) groups is 2. The quantitative estimate of drug-likeness (QED) is 0.682. The lowest BCUT2D eigenvalue weighted by Gasteiger charge is -2.22. The maximum Gasteiger partial charge on any atom is 0.307 e. The van der Waals surface area contributed by atoms with Gasteiger partial charge in [0.05, 0.1) is 20.1 Å². The number of methoxy groups -OCH3 is 2. The molecule has 1 rings (SSSR count). The lowest BCUT2D eigenvalue weighted by atomic mass is 10.3. The first-order chi connectivity index (χ1) is 9.10. The zero-order valence-electron chi connectivity index (χ0n) is 11.6. The van der Waals surface area contributed by atoms with Crippen LogP contribution in [0.3, 0.4) is 0 Å². The molecule has 0 spiro atoms. The molecule has 0 N–H and O–H groups in total. The number of hydrogen-bond acceptors (Lipinski definition) is 4. The van der Waals surface area contributed by atoms with Crippen LogP contribution in [-0.4, -0.2) is 55.3 Å². The van der Waals surface area contributed by atoms with Gasteiger partial charge in [-0.05, 0) is 12.1 Å². The van der Waals surface area contributed by atoms with Crippen molar-refractivity contribution >= 4 is 11.9 Å². The highest BCUT2D eigenvalue weighted by Crippen LogP contribution is 2.06. The highest BCUT2D eigenvalue weighted by Gasteiger charge is 2.18. The molecule has 106 valence electrons. The minimum atomic E-state index is -0.331. The Labute approximate surface area is 112 Å². The standard InChI is InChI=1S/C13H20N2O4/c1-14-7-4-5-11(14)13(17)15(9-10-18-2)8-6-12(16)19-3/h4-5,7H,6,8-10H2,1-3H3. The number of hydrogen-bond donors (Lipinski definition) is 0. The van der Waals surface area contributed by atoms with Gasteiger partial charge < -0.3 is 18.9 Å². The molecule has 1 aromatic heterocycles. The molecule has 0 bridgehead atoms. The van der Waals surface area contributed by atoms with E-state index in [0.717, 1.165) is 0 Å². The number of aryl methyl sites for hydroxylation is 1. The van der Waals surface area contributed by atoms with E-state index in [2.05, 4.69) is 4.74 Å². The summed E-state index contributed by atoms with van der Waals surface area (Å²) >= 11 is 0. The number of carbonyl (C=O) groups excluding carboxylic acids is 2. The van der Waals surface area contributed by atoms with E-state index >= 15 is 0 Å². The van der Waals surface area contributed by atoms with Gasteiger partial charge >= 0.3 is 5.97 Å². The molecule has 1 amide bonds. The number of rotatable bonds is 7. The molecule has 0 aromatic carbocycles. The molecular weight excluding hydrogens is 248 g/mol. The average molecular weight is 268 g/mol. The molecule has 0 aliphatic rings. The average Bonchev–Trinajstić information content (AvgIpc) is 2.84. The summed E-state index contributed by atoms with van der Waals surface area (Å²) in [5, 5.41) is 0. The van der Waals surface area contributed by atoms with Gasteiger partial charge in [0.25, 0.3) is 5.91 Å². The fraction of sp³-hybridized carbons (Fsp3) is 0.538. The van der Waals surface area contributed by atoms with Crippen LogP contribution in [0.4, 0.5) is 0 Å². The number of amides is 1. The van der Waals surface area contributed by atoms with Gasteiger partial charge in [0, 0.05) is 33.4 Å². The Morgan fingerprint density at radius 3 is 2.58 bits per heavy atom. The number of aromatic nitrogens is 1. The normalized spacial score (nSPS) is 10.3. The smallest absolute Gasteiger partial charge is 0.307 e. The molecule has 0 unspecified atom stereocenters. The third kappa shape index (κ3) is 4.40. The largest absolute Gasteiger partial charge is 0.469 e. The van der Waals surface area contributed by atoms with Crippen molar-refractivity contribution in [2.75, 3.05) is 33.9 Å². The molecular formula is C13H20N2O4. The fourth-order valence-corrected chi connectivity index (χ4v) is 1.69. The van der Waals surface area contributed by atoms with Crippen molar-refractivity contribution in [3.8, 4) is 0 Å². The van der Waals surface area contributed by atoms with Crippen molar-refractivity contribution in [3.05, 3.63) is 24.0 Å². The Hall–Kier alpha value is -1.82. The second-order valence-electron chi connectivity index (χ2n) is 4.12. The van der Waals surface area contributed by atoms with Gasteiger partial charge in [0.2, 0.25) is 0 Å². The Morgan fingerprint density at radius 2 is 2.05 bits per heavy atom. The van der Waals surface area contributed by atoms with E-state index in [0.29, 0.717) is 25.4 Å². The van der Waals surface area contributed by atoms with E-state index in [1.54, 1.807) is 22.6 Å². The fourth-order valence-electron chi connectivity index (χ4n) is 1.69. The van der Waals surface area contributed by atoms with Gasteiger partial charge in [0.1, 0.15) is 5.69 Å². The predicted molar refractivity (Wildman–Crippen MR) is 69.8 cm³/mol. The first-order valence-corrected chi connectivity index (χ1v) is 6.06. The van der Waals surface area contributed by atoms with E-state index in [9.17, 15) is 9.59 Å². The van der Waals surface area contributed by atoms with Crippen LogP contribution in [0.15, 0.2) is 18.3 Å². The van der Waals surface area contributed by atoms with Crippen LogP contribution in [0.5, 0.6) is 0 Å². The monoisotopic (exact) mass is 268 g/mol. The summed E-state index contributed by atoms with van der Waals surface area (Å²) in [6, 6.07) is 3.56. The van der Waals surface area contributed by atoms with Crippen LogP contribution >= 0.6 is 0 Å². The molecule has 1 aromatic rings. The molecule has 0 aliphatic carbocycles. The third-order valence-corrected chi connectivity index (χ3v) is 2.83. The number of esters is 1. The summed E-state index contributed by atoms with van der Waals surface area (Å²) in [5.41, 5.74) is 0.584. The highest BCUT2D eigenvalue weighted by molar-refractivity contribution is 5.93. The van der Waals surface area contributed by atoms with Crippen molar-refractivity contribution in [1.82, 2.24) is 9.47 Å². The molecule has 0 aliphatic heterocycles. The molecule has 19 heavy (non-hydrogen) atoms. The molecule has 1 heterocycles. The minimum Gasteiger partial charge on any atom is -0.469 e. The Kier molecular flexibility index (Phi) is 6.08. The van der Waals surface area contributed by atoms with E-state index < -0.39 is 0 Å². The highest BCUT2D eigenvalue weighted by atomic mass is 16.5. The SMILES string of the molecule is COCCN(CCC(=O)OC)C(=O)c1cccn1C. The summed E-state index contributed by atoms with van der Waals surface area (Å²) in [5.74, 6) is -0.449.